The Hall–Kier alpha value is -1.59. The molecular formula is C20H24BrN3O. The SMILES string of the molecule is [2H]c1cc2c3c(c(Br)[nH]c3c1)C[C@@H]1C2=C[C@@H](C(=O)N(CC)CC)CN1C([2H])([2H])[2H]. The molecule has 25 heavy (non-hydrogen) atoms. The first kappa shape index (κ1) is 12.7. The summed E-state index contributed by atoms with van der Waals surface area (Å²) in [6, 6.07) is 3.56. The van der Waals surface area contributed by atoms with Crippen LogP contribution in [-0.2, 0) is 11.2 Å². The van der Waals surface area contributed by atoms with Crippen LogP contribution in [-0.4, -0.2) is 53.3 Å². The van der Waals surface area contributed by atoms with Gasteiger partial charge >= 0.3 is 0 Å². The fourth-order valence-corrected chi connectivity index (χ4v) is 4.71. The second-order valence-corrected chi connectivity index (χ2v) is 7.48. The standard InChI is InChI=1S/C20H24BrN3O/c1-4-24(5-2)20(25)12-9-14-13-7-6-8-16-18(13)15(19(21)22-16)10-17(14)23(3)11-12/h6-9,12,17,22H,4-5,10-11H2,1-3H3/t12-,17-/m1/s1/i3D3,6D. The van der Waals surface area contributed by atoms with E-state index in [2.05, 4.69) is 20.9 Å². The summed E-state index contributed by atoms with van der Waals surface area (Å²) in [7, 11) is 0. The number of aromatic nitrogens is 1. The minimum absolute atomic E-state index is 0.0467. The van der Waals surface area contributed by atoms with Gasteiger partial charge in [0.1, 0.15) is 0 Å². The average Bonchev–Trinajstić information content (AvgIpc) is 2.96. The summed E-state index contributed by atoms with van der Waals surface area (Å²) in [6.45, 7) is 2.89. The van der Waals surface area contributed by atoms with Crippen LogP contribution in [0.1, 0.15) is 30.5 Å². The van der Waals surface area contributed by atoms with Gasteiger partial charge in [0.25, 0.3) is 0 Å². The monoisotopic (exact) mass is 405 g/mol. The molecule has 2 heterocycles. The van der Waals surface area contributed by atoms with Crippen LogP contribution >= 0.6 is 15.9 Å². The van der Waals surface area contributed by atoms with Crippen molar-refractivity contribution in [3.63, 3.8) is 0 Å². The minimum Gasteiger partial charge on any atom is -0.349 e. The Kier molecular flexibility index (Phi) is 3.20. The molecule has 1 amide bonds. The highest BCUT2D eigenvalue weighted by Gasteiger charge is 2.37. The number of benzene rings is 1. The lowest BCUT2D eigenvalue weighted by molar-refractivity contribution is -0.134. The zero-order valence-corrected chi connectivity index (χ0v) is 16.0. The number of hydrogen-bond acceptors (Lipinski definition) is 2. The molecule has 0 bridgehead atoms. The maximum Gasteiger partial charge on any atom is 0.230 e. The van der Waals surface area contributed by atoms with E-state index in [1.54, 1.807) is 17.0 Å². The molecule has 2 aliphatic rings. The van der Waals surface area contributed by atoms with Crippen molar-refractivity contribution in [1.29, 1.82) is 0 Å². The van der Waals surface area contributed by atoms with Crippen LogP contribution in [0.15, 0.2) is 28.9 Å². The third-order valence-electron chi connectivity index (χ3n) is 5.42. The number of nitrogens with one attached hydrogen (secondary N) is 1. The Balaban J connectivity index is 1.91. The lowest BCUT2D eigenvalue weighted by atomic mass is 9.79. The molecule has 0 saturated carbocycles. The van der Waals surface area contributed by atoms with E-state index < -0.39 is 12.9 Å². The molecule has 1 aliphatic heterocycles. The Labute approximate surface area is 162 Å². The number of fused-ring (bicyclic) bond motifs is 2. The van der Waals surface area contributed by atoms with Gasteiger partial charge in [0.2, 0.25) is 5.91 Å². The van der Waals surface area contributed by atoms with Crippen molar-refractivity contribution in [2.75, 3.05) is 26.6 Å². The summed E-state index contributed by atoms with van der Waals surface area (Å²) in [6.07, 6.45) is 2.49. The van der Waals surface area contributed by atoms with Crippen molar-refractivity contribution in [1.82, 2.24) is 14.8 Å². The van der Waals surface area contributed by atoms with E-state index in [4.69, 9.17) is 5.48 Å². The number of nitrogens with zero attached hydrogens (tertiary/aromatic N) is 2. The first-order valence-corrected chi connectivity index (χ1v) is 9.53. The Bertz CT molecular complexity index is 1010. The highest BCUT2D eigenvalue weighted by atomic mass is 79.9. The van der Waals surface area contributed by atoms with Crippen molar-refractivity contribution < 1.29 is 10.3 Å². The molecule has 2 aromatic rings. The predicted molar refractivity (Wildman–Crippen MR) is 106 cm³/mol. The number of aromatic amines is 1. The maximum absolute atomic E-state index is 13.1. The van der Waals surface area contributed by atoms with Gasteiger partial charge in [-0.15, -0.1) is 0 Å². The van der Waals surface area contributed by atoms with Crippen molar-refractivity contribution in [3.8, 4) is 0 Å². The van der Waals surface area contributed by atoms with E-state index in [9.17, 15) is 4.79 Å². The zero-order chi connectivity index (χ0) is 21.1. The van der Waals surface area contributed by atoms with Crippen molar-refractivity contribution in [2.24, 2.45) is 5.92 Å². The number of carbonyl (C=O) groups excluding carboxylic acids is 1. The second-order valence-electron chi connectivity index (χ2n) is 6.69. The van der Waals surface area contributed by atoms with Gasteiger partial charge < -0.3 is 9.88 Å². The molecule has 0 saturated heterocycles. The molecule has 132 valence electrons. The molecule has 2 atom stereocenters. The van der Waals surface area contributed by atoms with Gasteiger partial charge in [-0.2, -0.15) is 0 Å². The first-order valence-electron chi connectivity index (χ1n) is 10.7. The molecular weight excluding hydrogens is 378 g/mol. The number of halogens is 1. The molecule has 1 N–H and O–H groups in total. The number of amides is 1. The lowest BCUT2D eigenvalue weighted by Crippen LogP contribution is -2.47. The van der Waals surface area contributed by atoms with Crippen molar-refractivity contribution in [3.05, 3.63) is 40.0 Å². The molecule has 1 aliphatic carbocycles. The van der Waals surface area contributed by atoms with Crippen LogP contribution < -0.4 is 0 Å². The van der Waals surface area contributed by atoms with E-state index >= 15 is 0 Å². The van der Waals surface area contributed by atoms with Gasteiger partial charge in [-0.05, 0) is 65.9 Å². The quantitative estimate of drug-likeness (QED) is 0.845. The Morgan fingerprint density at radius 3 is 3.00 bits per heavy atom. The summed E-state index contributed by atoms with van der Waals surface area (Å²) in [5.74, 6) is -0.565. The lowest BCUT2D eigenvalue weighted by Gasteiger charge is -2.40. The molecule has 4 rings (SSSR count). The summed E-state index contributed by atoms with van der Waals surface area (Å²) in [4.78, 5) is 19.6. The molecule has 4 nitrogen and oxygen atoms in total. The smallest absolute Gasteiger partial charge is 0.230 e. The third-order valence-corrected chi connectivity index (χ3v) is 6.09. The Morgan fingerprint density at radius 2 is 2.28 bits per heavy atom. The number of H-pyrrole nitrogens is 1. The molecule has 1 aromatic carbocycles. The van der Waals surface area contributed by atoms with E-state index in [0.717, 1.165) is 32.2 Å². The van der Waals surface area contributed by atoms with Crippen LogP contribution in [0, 0.1) is 5.92 Å². The second kappa shape index (κ2) is 6.29. The van der Waals surface area contributed by atoms with E-state index in [-0.39, 0.29) is 18.5 Å². The average molecular weight is 406 g/mol. The number of likely N-dealkylation sites (N-methyl/N-ethyl adjacent to an activating group) is 1. The number of carbonyl (C=O) groups is 1. The van der Waals surface area contributed by atoms with Gasteiger partial charge in [0.05, 0.1) is 11.9 Å². The summed E-state index contributed by atoms with van der Waals surface area (Å²) >= 11 is 3.57. The predicted octanol–water partition coefficient (Wildman–Crippen LogP) is 3.67. The van der Waals surface area contributed by atoms with Gasteiger partial charge in [0, 0.05) is 40.7 Å². The number of rotatable bonds is 3. The zero-order valence-electron chi connectivity index (χ0n) is 18.4. The normalized spacial score (nSPS) is 25.5. The summed E-state index contributed by atoms with van der Waals surface area (Å²) in [5.41, 5.74) is 3.58. The van der Waals surface area contributed by atoms with Crippen LogP contribution in [0.25, 0.3) is 16.5 Å². The van der Waals surface area contributed by atoms with Crippen molar-refractivity contribution >= 4 is 38.3 Å². The highest BCUT2D eigenvalue weighted by Crippen LogP contribution is 2.43. The van der Waals surface area contributed by atoms with Gasteiger partial charge in [0.15, 0.2) is 0 Å². The molecule has 1 aromatic heterocycles. The molecule has 0 fully saturated rings. The van der Waals surface area contributed by atoms with E-state index in [1.807, 2.05) is 19.9 Å². The van der Waals surface area contributed by atoms with Crippen molar-refractivity contribution in [2.45, 2.75) is 26.3 Å². The molecule has 5 heteroatoms. The summed E-state index contributed by atoms with van der Waals surface area (Å²) < 4.78 is 33.4. The molecule has 0 radical (unpaired) electrons. The minimum atomic E-state index is -2.32. The van der Waals surface area contributed by atoms with Gasteiger partial charge in [-0.1, -0.05) is 18.2 Å². The molecule has 0 unspecified atom stereocenters. The number of hydrogen-bond donors (Lipinski definition) is 1. The topological polar surface area (TPSA) is 39.3 Å². The Morgan fingerprint density at radius 1 is 1.48 bits per heavy atom. The van der Waals surface area contributed by atoms with E-state index in [1.165, 1.54) is 4.90 Å². The van der Waals surface area contributed by atoms with Crippen LogP contribution in [0.4, 0.5) is 0 Å². The van der Waals surface area contributed by atoms with Gasteiger partial charge in [-0.3, -0.25) is 9.69 Å². The van der Waals surface area contributed by atoms with Crippen LogP contribution in [0.5, 0.6) is 0 Å². The van der Waals surface area contributed by atoms with Gasteiger partial charge in [-0.25, -0.2) is 0 Å². The van der Waals surface area contributed by atoms with E-state index in [0.29, 0.717) is 25.6 Å². The largest absolute Gasteiger partial charge is 0.349 e. The van der Waals surface area contributed by atoms with Crippen LogP contribution in [0.2, 0.25) is 0 Å². The first-order chi connectivity index (χ1) is 13.7. The van der Waals surface area contributed by atoms with Crippen LogP contribution in [0.3, 0.4) is 0 Å². The highest BCUT2D eigenvalue weighted by molar-refractivity contribution is 9.10. The maximum atomic E-state index is 13.1. The fourth-order valence-electron chi connectivity index (χ4n) is 4.13. The fraction of sp³-hybridized carbons (Fsp3) is 0.450. The summed E-state index contributed by atoms with van der Waals surface area (Å²) in [5, 5.41) is 1.01. The third kappa shape index (κ3) is 2.56. The molecule has 0 spiro atoms.